The molecular weight excluding hydrogens is 1140 g/mol. The lowest BCUT2D eigenvalue weighted by Gasteiger charge is -2.29. The summed E-state index contributed by atoms with van der Waals surface area (Å²) in [5.74, 6) is -9.20. The first-order valence-electron chi connectivity index (χ1n) is 30.4. The number of guanidine groups is 4. The number of amides is 8. The van der Waals surface area contributed by atoms with E-state index >= 15 is 0 Å². The van der Waals surface area contributed by atoms with Gasteiger partial charge in [-0.1, -0.05) is 40.5 Å². The average Bonchev–Trinajstić information content (AvgIpc) is 3.60. The summed E-state index contributed by atoms with van der Waals surface area (Å²) >= 11 is 0. The molecule has 0 aromatic heterocycles. The molecule has 0 unspecified atom stereocenters. The molecule has 0 aromatic rings. The van der Waals surface area contributed by atoms with Crippen LogP contribution in [-0.4, -0.2) is 182 Å². The number of carboxylic acid groups (broad SMARTS) is 1. The Morgan fingerprint density at radius 1 is 0.341 bits per heavy atom. The highest BCUT2D eigenvalue weighted by molar-refractivity contribution is 5.98. The summed E-state index contributed by atoms with van der Waals surface area (Å²) in [6, 6.07) is -11.6. The summed E-state index contributed by atoms with van der Waals surface area (Å²) in [4.78, 5) is 142. The predicted molar refractivity (Wildman–Crippen MR) is 338 cm³/mol. The largest absolute Gasteiger partial charge is 0.480 e. The third kappa shape index (κ3) is 35.1. The number of hydrogen-bond acceptors (Lipinski definition) is 17. The van der Waals surface area contributed by atoms with Crippen LogP contribution in [0.5, 0.6) is 0 Å². The highest BCUT2D eigenvalue weighted by Gasteiger charge is 2.36. The average molecular weight is 1250 g/mol. The van der Waals surface area contributed by atoms with E-state index in [1.54, 1.807) is 20.8 Å². The second-order valence-corrected chi connectivity index (χ2v) is 21.7. The highest BCUT2D eigenvalue weighted by Crippen LogP contribution is 2.14. The summed E-state index contributed by atoms with van der Waals surface area (Å²) in [5.41, 5.74) is 67.9. The molecule has 0 saturated carbocycles. The molecule has 0 spiro atoms. The fourth-order valence-corrected chi connectivity index (χ4v) is 8.72. The van der Waals surface area contributed by atoms with E-state index in [0.29, 0.717) is 57.9 Å². The summed E-state index contributed by atoms with van der Waals surface area (Å²) in [5, 5.41) is 31.4. The minimum absolute atomic E-state index is 0.00442. The zero-order valence-corrected chi connectivity index (χ0v) is 52.1. The summed E-state index contributed by atoms with van der Waals surface area (Å²) < 4.78 is 0. The van der Waals surface area contributed by atoms with Crippen molar-refractivity contribution in [1.29, 1.82) is 0 Å². The maximum atomic E-state index is 14.6. The lowest BCUT2D eigenvalue weighted by atomic mass is 9.96. The number of aliphatic carboxylic acids is 1. The quantitative estimate of drug-likeness (QED) is 0.0153. The van der Waals surface area contributed by atoms with Gasteiger partial charge in [-0.2, -0.15) is 0 Å². The first-order valence-corrected chi connectivity index (χ1v) is 30.4. The maximum Gasteiger partial charge on any atom is 0.326 e. The number of aliphatic imine (C=N–C) groups is 4. The molecule has 0 heterocycles. The van der Waals surface area contributed by atoms with Gasteiger partial charge in [-0.3, -0.25) is 58.3 Å². The molecule has 0 saturated heterocycles. The molecule has 0 fully saturated rings. The van der Waals surface area contributed by atoms with E-state index in [2.05, 4.69) is 62.5 Å². The van der Waals surface area contributed by atoms with Gasteiger partial charge >= 0.3 is 5.97 Å². The third-order valence-electron chi connectivity index (χ3n) is 14.4. The Morgan fingerprint density at radius 2 is 0.580 bits per heavy atom. The molecule has 0 aliphatic carbocycles. The zero-order chi connectivity index (χ0) is 66.7. The van der Waals surface area contributed by atoms with Crippen LogP contribution in [0.25, 0.3) is 0 Å². The molecule has 11 atom stereocenters. The van der Waals surface area contributed by atoms with Crippen LogP contribution in [0.4, 0.5) is 0 Å². The highest BCUT2D eigenvalue weighted by atomic mass is 16.4. The Morgan fingerprint density at radius 3 is 0.830 bits per heavy atom. The number of carbonyl (C=O) groups is 9. The van der Waals surface area contributed by atoms with Crippen molar-refractivity contribution in [1.82, 2.24) is 42.5 Å². The number of nitrogens with two attached hydrogens (primary N) is 12. The molecule has 34 nitrogen and oxygen atoms in total. The lowest BCUT2D eigenvalue weighted by molar-refractivity contribution is -0.143. The number of carbonyl (C=O) groups excluding carboxylic acids is 8. The number of nitrogens with one attached hydrogen (secondary N) is 8. The molecule has 0 rings (SSSR count). The van der Waals surface area contributed by atoms with Gasteiger partial charge in [0.05, 0.1) is 6.04 Å². The van der Waals surface area contributed by atoms with Crippen molar-refractivity contribution in [2.24, 2.45) is 101 Å². The van der Waals surface area contributed by atoms with E-state index in [1.807, 2.05) is 6.92 Å². The van der Waals surface area contributed by atoms with E-state index in [4.69, 9.17) is 68.8 Å². The Labute approximate surface area is 516 Å². The minimum Gasteiger partial charge on any atom is -0.480 e. The van der Waals surface area contributed by atoms with Crippen molar-refractivity contribution >= 4 is 77.1 Å². The van der Waals surface area contributed by atoms with Gasteiger partial charge in [0.2, 0.25) is 47.3 Å². The van der Waals surface area contributed by atoms with Crippen LogP contribution >= 0.6 is 0 Å². The number of rotatable bonds is 49. The van der Waals surface area contributed by atoms with Crippen LogP contribution in [-0.2, 0) is 43.2 Å². The fourth-order valence-electron chi connectivity index (χ4n) is 8.72. The maximum absolute atomic E-state index is 14.6. The van der Waals surface area contributed by atoms with Gasteiger partial charge in [0, 0.05) is 26.2 Å². The van der Waals surface area contributed by atoms with Gasteiger partial charge in [0.25, 0.3) is 0 Å². The molecule has 33 N–H and O–H groups in total. The van der Waals surface area contributed by atoms with Crippen LogP contribution in [0.15, 0.2) is 20.0 Å². The summed E-state index contributed by atoms with van der Waals surface area (Å²) in [6.45, 7) is 8.08. The van der Waals surface area contributed by atoms with E-state index in [-0.39, 0.29) is 140 Å². The SMILES string of the molecule is CC[C@H](C)[C@H](N)C(=O)N[C@@H](CCCN=C(N)N)C(=O)N[C@@H](CCCN=C(N)N)C(=O)N[C@@H](CCCN=C(N)N)C(=O)N[C@@H](CCCCN)C(=O)N[C@@H](CCCCN)C(=O)N[C@@H](CCCN=C(N)N)C(=O)N[C@H](C(=O)N[C@@H](CCCCN)C(=O)O)[C@@H](C)CC. The van der Waals surface area contributed by atoms with Crippen LogP contribution in [0, 0.1) is 11.8 Å². The Bertz CT molecular complexity index is 2260. The number of carboxylic acids is 1. The molecule has 0 aromatic carbocycles. The second-order valence-electron chi connectivity index (χ2n) is 21.7. The van der Waals surface area contributed by atoms with Crippen molar-refractivity contribution < 1.29 is 48.3 Å². The molecular formula is C54H108N24O10. The molecule has 0 bridgehead atoms. The predicted octanol–water partition coefficient (Wildman–Crippen LogP) is -6.03. The van der Waals surface area contributed by atoms with E-state index < -0.39 is 114 Å². The van der Waals surface area contributed by atoms with Crippen molar-refractivity contribution in [2.75, 3.05) is 45.8 Å². The van der Waals surface area contributed by atoms with Crippen LogP contribution < -0.4 is 111 Å². The van der Waals surface area contributed by atoms with Crippen LogP contribution in [0.1, 0.15) is 150 Å². The van der Waals surface area contributed by atoms with E-state index in [1.165, 1.54) is 0 Å². The van der Waals surface area contributed by atoms with Crippen LogP contribution in [0.3, 0.4) is 0 Å². The first kappa shape index (κ1) is 80.1. The van der Waals surface area contributed by atoms with E-state index in [0.717, 1.165) is 0 Å². The Kier molecular flexibility index (Phi) is 42.2. The smallest absolute Gasteiger partial charge is 0.326 e. The van der Waals surface area contributed by atoms with Crippen LogP contribution in [0.2, 0.25) is 0 Å². The van der Waals surface area contributed by atoms with Crippen molar-refractivity contribution in [2.45, 2.75) is 204 Å². The Balaban J connectivity index is 7.37. The van der Waals surface area contributed by atoms with Gasteiger partial charge in [0.1, 0.15) is 48.3 Å². The van der Waals surface area contributed by atoms with Crippen molar-refractivity contribution in [3.05, 3.63) is 0 Å². The third-order valence-corrected chi connectivity index (χ3v) is 14.4. The standard InChI is InChI=1S/C54H108N24O10/c1-5-31(3)40(58)48(85)76-37(22-15-29-69-53(63)64)46(83)74-36(21-14-28-68-52(61)62)45(82)73-35(20-13-27-67-51(59)60)44(81)72-33(17-7-10-24-55)42(79)71-34(18-8-11-25-56)43(80)75-38(23-16-30-70-54(65)66)47(84)78-41(32(4)6-2)49(86)77-39(50(87)88)19-9-12-26-57/h31-41H,5-30,55-58H2,1-4H3,(H,71,79)(H,72,81)(H,73,82)(H,74,83)(H,75,80)(H,76,85)(H,77,86)(H,78,84)(H,87,88)(H4,59,60,67)(H4,61,62,68)(H4,63,64,69)(H4,65,66,70)/t31-,32-,33-,34-,35-,36-,37-,38-,39-,40-,41-/m0/s1. The molecule has 34 heteroatoms. The van der Waals surface area contributed by atoms with E-state index in [9.17, 15) is 48.3 Å². The topological polar surface area (TPSA) is 632 Å². The van der Waals surface area contributed by atoms with Gasteiger partial charge < -0.3 is 116 Å². The molecule has 0 aliphatic heterocycles. The zero-order valence-electron chi connectivity index (χ0n) is 52.1. The lowest BCUT2D eigenvalue weighted by Crippen LogP contribution is -2.60. The van der Waals surface area contributed by atoms with Gasteiger partial charge in [-0.05, 0) is 141 Å². The van der Waals surface area contributed by atoms with Gasteiger partial charge in [-0.25, -0.2) is 4.79 Å². The fraction of sp³-hybridized carbons (Fsp3) is 0.759. The number of unbranched alkanes of at least 4 members (excludes halogenated alkanes) is 3. The normalized spacial score (nSPS) is 14.7. The molecule has 0 aliphatic rings. The van der Waals surface area contributed by atoms with Gasteiger partial charge in [-0.15, -0.1) is 0 Å². The first-order chi connectivity index (χ1) is 41.7. The number of nitrogens with zero attached hydrogens (tertiary/aromatic N) is 4. The molecule has 504 valence electrons. The molecule has 8 amide bonds. The molecule has 0 radical (unpaired) electrons. The van der Waals surface area contributed by atoms with Crippen molar-refractivity contribution in [3.8, 4) is 0 Å². The Hall–Kier alpha value is -7.85. The summed E-state index contributed by atoms with van der Waals surface area (Å²) in [7, 11) is 0. The van der Waals surface area contributed by atoms with Crippen molar-refractivity contribution in [3.63, 3.8) is 0 Å². The monoisotopic (exact) mass is 1250 g/mol. The summed E-state index contributed by atoms with van der Waals surface area (Å²) in [6.07, 6.45) is 3.85. The minimum atomic E-state index is -1.42. The second kappa shape index (κ2) is 46.3. The number of hydrogen-bond donors (Lipinski definition) is 21. The van der Waals surface area contributed by atoms with Gasteiger partial charge in [0.15, 0.2) is 23.8 Å². The molecule has 88 heavy (non-hydrogen) atoms.